The third-order valence-corrected chi connectivity index (χ3v) is 2.89. The fourth-order valence-electron chi connectivity index (χ4n) is 1.85. The Hall–Kier alpha value is -1.51. The molecule has 0 N–H and O–H groups in total. The Bertz CT molecular complexity index is 436. The molecule has 0 aliphatic rings. The number of hydrogen-bond acceptors (Lipinski definition) is 3. The Kier molecular flexibility index (Phi) is 6.56. The first-order valence-electron chi connectivity index (χ1n) is 7.40. The molecule has 0 amide bonds. The SMILES string of the molecule is CCCOC(=O)c1cccc(C(C)C)c1OCC(C)C. The van der Waals surface area contributed by atoms with Gasteiger partial charge >= 0.3 is 5.97 Å². The van der Waals surface area contributed by atoms with Crippen molar-refractivity contribution in [2.45, 2.75) is 47.0 Å². The van der Waals surface area contributed by atoms with Crippen molar-refractivity contribution in [3.8, 4) is 5.75 Å². The summed E-state index contributed by atoms with van der Waals surface area (Å²) < 4.78 is 11.1. The monoisotopic (exact) mass is 278 g/mol. The number of ether oxygens (including phenoxy) is 2. The van der Waals surface area contributed by atoms with Crippen LogP contribution in [-0.4, -0.2) is 19.2 Å². The van der Waals surface area contributed by atoms with Gasteiger partial charge in [-0.25, -0.2) is 4.79 Å². The van der Waals surface area contributed by atoms with Crippen molar-refractivity contribution >= 4 is 5.97 Å². The van der Waals surface area contributed by atoms with Crippen molar-refractivity contribution in [2.24, 2.45) is 5.92 Å². The molecule has 0 aliphatic heterocycles. The van der Waals surface area contributed by atoms with Gasteiger partial charge < -0.3 is 9.47 Å². The summed E-state index contributed by atoms with van der Waals surface area (Å²) in [4.78, 5) is 12.1. The van der Waals surface area contributed by atoms with Gasteiger partial charge in [-0.3, -0.25) is 0 Å². The van der Waals surface area contributed by atoms with E-state index in [4.69, 9.17) is 9.47 Å². The Morgan fingerprint density at radius 2 is 1.90 bits per heavy atom. The van der Waals surface area contributed by atoms with Crippen molar-refractivity contribution in [1.82, 2.24) is 0 Å². The van der Waals surface area contributed by atoms with E-state index in [1.165, 1.54) is 0 Å². The zero-order valence-corrected chi connectivity index (χ0v) is 13.2. The van der Waals surface area contributed by atoms with Crippen LogP contribution in [0.15, 0.2) is 18.2 Å². The van der Waals surface area contributed by atoms with Crippen molar-refractivity contribution in [3.05, 3.63) is 29.3 Å². The van der Waals surface area contributed by atoms with Crippen LogP contribution in [0.2, 0.25) is 0 Å². The lowest BCUT2D eigenvalue weighted by Gasteiger charge is -2.18. The second-order valence-corrected chi connectivity index (χ2v) is 5.72. The van der Waals surface area contributed by atoms with Crippen LogP contribution >= 0.6 is 0 Å². The third kappa shape index (κ3) is 4.55. The highest BCUT2D eigenvalue weighted by molar-refractivity contribution is 5.93. The van der Waals surface area contributed by atoms with Crippen LogP contribution in [0.5, 0.6) is 5.75 Å². The van der Waals surface area contributed by atoms with Crippen LogP contribution in [-0.2, 0) is 4.74 Å². The molecular formula is C17H26O3. The Morgan fingerprint density at radius 1 is 1.20 bits per heavy atom. The predicted octanol–water partition coefficient (Wildman–Crippen LogP) is 4.41. The molecule has 0 heterocycles. The van der Waals surface area contributed by atoms with Gasteiger partial charge in [0.25, 0.3) is 0 Å². The first-order chi connectivity index (χ1) is 9.47. The summed E-state index contributed by atoms with van der Waals surface area (Å²) in [6, 6.07) is 5.68. The van der Waals surface area contributed by atoms with E-state index in [9.17, 15) is 4.79 Å². The highest BCUT2D eigenvalue weighted by Crippen LogP contribution is 2.31. The van der Waals surface area contributed by atoms with E-state index >= 15 is 0 Å². The fourth-order valence-corrected chi connectivity index (χ4v) is 1.85. The number of para-hydroxylation sites is 1. The summed E-state index contributed by atoms with van der Waals surface area (Å²) in [5.74, 6) is 1.09. The van der Waals surface area contributed by atoms with E-state index in [1.54, 1.807) is 6.07 Å². The first kappa shape index (κ1) is 16.5. The molecule has 0 aliphatic carbocycles. The van der Waals surface area contributed by atoms with Gasteiger partial charge in [-0.15, -0.1) is 0 Å². The van der Waals surface area contributed by atoms with Gasteiger partial charge in [0.05, 0.1) is 13.2 Å². The van der Waals surface area contributed by atoms with Crippen LogP contribution in [0.4, 0.5) is 0 Å². The number of benzene rings is 1. The number of hydrogen-bond donors (Lipinski definition) is 0. The van der Waals surface area contributed by atoms with Crippen LogP contribution in [0, 0.1) is 5.92 Å². The van der Waals surface area contributed by atoms with Crippen LogP contribution in [0.25, 0.3) is 0 Å². The molecule has 0 atom stereocenters. The molecule has 0 saturated heterocycles. The molecule has 3 heteroatoms. The maximum atomic E-state index is 12.1. The van der Waals surface area contributed by atoms with Crippen molar-refractivity contribution in [1.29, 1.82) is 0 Å². The summed E-state index contributed by atoms with van der Waals surface area (Å²) in [7, 11) is 0. The zero-order chi connectivity index (χ0) is 15.1. The van der Waals surface area contributed by atoms with Gasteiger partial charge in [0.2, 0.25) is 0 Å². The first-order valence-corrected chi connectivity index (χ1v) is 7.40. The van der Waals surface area contributed by atoms with Gasteiger partial charge in [-0.05, 0) is 29.9 Å². The Balaban J connectivity index is 3.07. The number of carbonyl (C=O) groups is 1. The summed E-state index contributed by atoms with van der Waals surface area (Å²) in [5, 5.41) is 0. The van der Waals surface area contributed by atoms with Gasteiger partial charge in [0, 0.05) is 0 Å². The fraction of sp³-hybridized carbons (Fsp3) is 0.588. The highest BCUT2D eigenvalue weighted by atomic mass is 16.5. The molecule has 1 rings (SSSR count). The maximum absolute atomic E-state index is 12.1. The highest BCUT2D eigenvalue weighted by Gasteiger charge is 2.19. The quantitative estimate of drug-likeness (QED) is 0.693. The summed E-state index contributed by atoms with van der Waals surface area (Å²) in [6.45, 7) is 11.4. The topological polar surface area (TPSA) is 35.5 Å². The van der Waals surface area contributed by atoms with E-state index in [0.717, 1.165) is 12.0 Å². The average molecular weight is 278 g/mol. The lowest BCUT2D eigenvalue weighted by atomic mass is 9.99. The van der Waals surface area contributed by atoms with Crippen LogP contribution in [0.1, 0.15) is 62.9 Å². The Morgan fingerprint density at radius 3 is 2.45 bits per heavy atom. The molecule has 20 heavy (non-hydrogen) atoms. The third-order valence-electron chi connectivity index (χ3n) is 2.89. The molecule has 0 radical (unpaired) electrons. The molecule has 0 spiro atoms. The van der Waals surface area contributed by atoms with E-state index in [1.807, 2.05) is 19.1 Å². The number of rotatable bonds is 7. The zero-order valence-electron chi connectivity index (χ0n) is 13.2. The standard InChI is InChI=1S/C17H26O3/c1-6-10-19-17(18)15-9-7-8-14(13(4)5)16(15)20-11-12(2)3/h7-9,12-13H,6,10-11H2,1-5H3. The largest absolute Gasteiger partial charge is 0.492 e. The van der Waals surface area contributed by atoms with Gasteiger partial charge in [-0.1, -0.05) is 46.8 Å². The summed E-state index contributed by atoms with van der Waals surface area (Å²) in [5.41, 5.74) is 1.59. The number of carbonyl (C=O) groups excluding carboxylic acids is 1. The maximum Gasteiger partial charge on any atom is 0.341 e. The van der Waals surface area contributed by atoms with Crippen molar-refractivity contribution < 1.29 is 14.3 Å². The lowest BCUT2D eigenvalue weighted by Crippen LogP contribution is -2.13. The van der Waals surface area contributed by atoms with Gasteiger partial charge in [-0.2, -0.15) is 0 Å². The van der Waals surface area contributed by atoms with Crippen molar-refractivity contribution in [3.63, 3.8) is 0 Å². The molecule has 0 saturated carbocycles. The number of esters is 1. The van der Waals surface area contributed by atoms with Gasteiger partial charge in [0.1, 0.15) is 11.3 Å². The molecule has 3 nitrogen and oxygen atoms in total. The molecule has 1 aromatic rings. The molecule has 0 aromatic heterocycles. The van der Waals surface area contributed by atoms with Gasteiger partial charge in [0.15, 0.2) is 0 Å². The van der Waals surface area contributed by atoms with Crippen LogP contribution < -0.4 is 4.74 Å². The van der Waals surface area contributed by atoms with E-state index in [2.05, 4.69) is 27.7 Å². The predicted molar refractivity (Wildman–Crippen MR) is 81.4 cm³/mol. The molecule has 0 bridgehead atoms. The van der Waals surface area contributed by atoms with E-state index in [-0.39, 0.29) is 5.97 Å². The minimum Gasteiger partial charge on any atom is -0.492 e. The van der Waals surface area contributed by atoms with Crippen molar-refractivity contribution in [2.75, 3.05) is 13.2 Å². The summed E-state index contributed by atoms with van der Waals surface area (Å²) >= 11 is 0. The molecule has 0 fully saturated rings. The second-order valence-electron chi connectivity index (χ2n) is 5.72. The van der Waals surface area contributed by atoms with E-state index < -0.39 is 0 Å². The normalized spacial score (nSPS) is 10.9. The summed E-state index contributed by atoms with van der Waals surface area (Å²) in [6.07, 6.45) is 0.817. The second kappa shape index (κ2) is 7.93. The minimum absolute atomic E-state index is 0.298. The molecule has 1 aromatic carbocycles. The molecular weight excluding hydrogens is 252 g/mol. The molecule has 112 valence electrons. The Labute approximate surface area is 122 Å². The lowest BCUT2D eigenvalue weighted by molar-refractivity contribution is 0.0499. The molecule has 0 unspecified atom stereocenters. The minimum atomic E-state index is -0.298. The average Bonchev–Trinajstić information content (AvgIpc) is 2.41. The van der Waals surface area contributed by atoms with Crippen LogP contribution in [0.3, 0.4) is 0 Å². The smallest absolute Gasteiger partial charge is 0.341 e. The van der Waals surface area contributed by atoms with E-state index in [0.29, 0.717) is 36.4 Å².